The van der Waals surface area contributed by atoms with Gasteiger partial charge in [-0.05, 0) is 76.4 Å². The van der Waals surface area contributed by atoms with Crippen LogP contribution in [0.3, 0.4) is 0 Å². The minimum atomic E-state index is -0.918. The van der Waals surface area contributed by atoms with E-state index in [0.717, 1.165) is 57.5 Å². The Morgan fingerprint density at radius 3 is 2.44 bits per heavy atom. The quantitative estimate of drug-likeness (QED) is 0.833. The first-order valence-electron chi connectivity index (χ1n) is 10.3. The lowest BCUT2D eigenvalue weighted by molar-refractivity contribution is -0.146. The van der Waals surface area contributed by atoms with Gasteiger partial charge >= 0.3 is 5.97 Å². The summed E-state index contributed by atoms with van der Waals surface area (Å²) in [6.07, 6.45) is 7.37. The highest BCUT2D eigenvalue weighted by Gasteiger charge is 2.34. The van der Waals surface area contributed by atoms with Crippen molar-refractivity contribution in [3.63, 3.8) is 0 Å². The number of hydrogen-bond acceptors (Lipinski definition) is 3. The van der Waals surface area contributed by atoms with Crippen molar-refractivity contribution in [1.82, 2.24) is 9.80 Å². The number of rotatable bonds is 6. The fourth-order valence-electron chi connectivity index (χ4n) is 4.42. The van der Waals surface area contributed by atoms with E-state index in [9.17, 15) is 9.59 Å². The Bertz CT molecular complexity index is 635. The number of amides is 1. The number of carbonyl (C=O) groups excluding carboxylic acids is 1. The van der Waals surface area contributed by atoms with Gasteiger partial charge in [0.1, 0.15) is 6.54 Å². The second-order valence-electron chi connectivity index (χ2n) is 8.17. The van der Waals surface area contributed by atoms with Gasteiger partial charge in [-0.3, -0.25) is 14.5 Å². The number of nitrogens with zero attached hydrogens (tertiary/aromatic N) is 2. The average molecular weight is 373 g/mol. The largest absolute Gasteiger partial charge is 0.480 e. The lowest BCUT2D eigenvalue weighted by Crippen LogP contribution is -2.51. The van der Waals surface area contributed by atoms with Crippen LogP contribution in [0.1, 0.15) is 49.7 Å². The topological polar surface area (TPSA) is 60.9 Å². The predicted octanol–water partition coefficient (Wildman–Crippen LogP) is 3.11. The van der Waals surface area contributed by atoms with Crippen LogP contribution in [0.15, 0.2) is 24.3 Å². The van der Waals surface area contributed by atoms with Crippen molar-refractivity contribution in [3.8, 4) is 0 Å². The van der Waals surface area contributed by atoms with Gasteiger partial charge in [0, 0.05) is 6.54 Å². The number of hydrogen-bond donors (Lipinski definition) is 1. The van der Waals surface area contributed by atoms with Gasteiger partial charge in [-0.2, -0.15) is 0 Å². The molecular formula is C22H32N2O3. The summed E-state index contributed by atoms with van der Waals surface area (Å²) in [6, 6.07) is 8.69. The van der Waals surface area contributed by atoms with E-state index in [1.54, 1.807) is 4.90 Å². The Hall–Kier alpha value is -1.88. The van der Waals surface area contributed by atoms with E-state index < -0.39 is 5.97 Å². The average Bonchev–Trinajstić information content (AvgIpc) is 2.83. The summed E-state index contributed by atoms with van der Waals surface area (Å²) in [5, 5.41) is 9.07. The molecule has 2 aliphatic heterocycles. The van der Waals surface area contributed by atoms with E-state index in [4.69, 9.17) is 5.11 Å². The summed E-state index contributed by atoms with van der Waals surface area (Å²) in [5.74, 6) is -0.176. The summed E-state index contributed by atoms with van der Waals surface area (Å²) in [4.78, 5) is 27.7. The van der Waals surface area contributed by atoms with Crippen molar-refractivity contribution in [2.75, 3.05) is 26.2 Å². The van der Waals surface area contributed by atoms with Crippen molar-refractivity contribution < 1.29 is 14.7 Å². The van der Waals surface area contributed by atoms with Crippen LogP contribution < -0.4 is 0 Å². The zero-order valence-corrected chi connectivity index (χ0v) is 16.4. The maximum atomic E-state index is 12.8. The number of carboxylic acids is 1. The second-order valence-corrected chi connectivity index (χ2v) is 8.17. The molecule has 1 amide bonds. The van der Waals surface area contributed by atoms with Crippen LogP contribution in [0.2, 0.25) is 0 Å². The van der Waals surface area contributed by atoms with Gasteiger partial charge in [0.2, 0.25) is 5.91 Å². The van der Waals surface area contributed by atoms with Crippen molar-refractivity contribution in [2.24, 2.45) is 5.92 Å². The van der Waals surface area contributed by atoms with Crippen LogP contribution >= 0.6 is 0 Å². The zero-order valence-electron chi connectivity index (χ0n) is 16.4. The predicted molar refractivity (Wildman–Crippen MR) is 106 cm³/mol. The molecular weight excluding hydrogens is 340 g/mol. The number of likely N-dealkylation sites (tertiary alicyclic amines) is 2. The molecule has 27 heavy (non-hydrogen) atoms. The minimum absolute atomic E-state index is 0.0213. The van der Waals surface area contributed by atoms with E-state index in [0.29, 0.717) is 6.54 Å². The minimum Gasteiger partial charge on any atom is -0.480 e. The molecule has 0 spiro atoms. The molecule has 5 heteroatoms. The van der Waals surface area contributed by atoms with Gasteiger partial charge < -0.3 is 10.0 Å². The van der Waals surface area contributed by atoms with Gasteiger partial charge in [0.05, 0.1) is 6.04 Å². The van der Waals surface area contributed by atoms with Crippen LogP contribution in [-0.4, -0.2) is 59.0 Å². The summed E-state index contributed by atoms with van der Waals surface area (Å²) < 4.78 is 0. The van der Waals surface area contributed by atoms with Crippen LogP contribution in [0, 0.1) is 12.8 Å². The third kappa shape index (κ3) is 5.55. The molecule has 0 saturated carbocycles. The lowest BCUT2D eigenvalue weighted by atomic mass is 9.89. The Morgan fingerprint density at radius 1 is 1.07 bits per heavy atom. The lowest BCUT2D eigenvalue weighted by Gasteiger charge is -2.37. The number of carbonyl (C=O) groups is 2. The van der Waals surface area contributed by atoms with Crippen molar-refractivity contribution in [1.29, 1.82) is 0 Å². The number of aryl methyl sites for hydroxylation is 2. The van der Waals surface area contributed by atoms with E-state index >= 15 is 0 Å². The van der Waals surface area contributed by atoms with E-state index in [1.165, 1.54) is 17.5 Å². The summed E-state index contributed by atoms with van der Waals surface area (Å²) >= 11 is 0. The Balaban J connectivity index is 1.49. The molecule has 0 bridgehead atoms. The SMILES string of the molecule is Cc1ccc(CCC2CCN(C3CCCCN(CC(=O)O)C3=O)CC2)cc1. The molecule has 1 aromatic rings. The first kappa shape index (κ1) is 19.9. The summed E-state index contributed by atoms with van der Waals surface area (Å²) in [7, 11) is 0. The number of carboxylic acid groups (broad SMARTS) is 1. The molecule has 0 aliphatic carbocycles. The molecule has 148 valence electrons. The third-order valence-electron chi connectivity index (χ3n) is 6.13. The van der Waals surface area contributed by atoms with Gasteiger partial charge in [-0.25, -0.2) is 0 Å². The highest BCUT2D eigenvalue weighted by atomic mass is 16.4. The fourth-order valence-corrected chi connectivity index (χ4v) is 4.42. The molecule has 0 aromatic heterocycles. The van der Waals surface area contributed by atoms with Gasteiger partial charge in [-0.1, -0.05) is 29.8 Å². The molecule has 0 radical (unpaired) electrons. The van der Waals surface area contributed by atoms with E-state index in [1.807, 2.05) is 0 Å². The molecule has 1 atom stereocenters. The maximum absolute atomic E-state index is 12.8. The molecule has 2 fully saturated rings. The molecule has 1 N–H and O–H groups in total. The Morgan fingerprint density at radius 2 is 1.78 bits per heavy atom. The normalized spacial score (nSPS) is 22.6. The van der Waals surface area contributed by atoms with Gasteiger partial charge in [0.25, 0.3) is 0 Å². The second kappa shape index (κ2) is 9.36. The van der Waals surface area contributed by atoms with Crippen LogP contribution in [0.4, 0.5) is 0 Å². The Kier molecular flexibility index (Phi) is 6.89. The number of piperidine rings is 1. The Labute approximate surface area is 162 Å². The molecule has 2 aliphatic rings. The maximum Gasteiger partial charge on any atom is 0.323 e. The van der Waals surface area contributed by atoms with Crippen LogP contribution in [0.25, 0.3) is 0 Å². The van der Waals surface area contributed by atoms with Crippen LogP contribution in [0.5, 0.6) is 0 Å². The van der Waals surface area contributed by atoms with Crippen molar-refractivity contribution in [2.45, 2.75) is 57.9 Å². The number of aliphatic carboxylic acids is 1. The third-order valence-corrected chi connectivity index (χ3v) is 6.13. The first-order chi connectivity index (χ1) is 13.0. The summed E-state index contributed by atoms with van der Waals surface area (Å²) in [6.45, 7) is 4.44. The zero-order chi connectivity index (χ0) is 19.2. The highest BCUT2D eigenvalue weighted by Crippen LogP contribution is 2.26. The monoisotopic (exact) mass is 372 g/mol. The molecule has 5 nitrogen and oxygen atoms in total. The fraction of sp³-hybridized carbons (Fsp3) is 0.636. The van der Waals surface area contributed by atoms with Gasteiger partial charge in [0.15, 0.2) is 0 Å². The van der Waals surface area contributed by atoms with Crippen molar-refractivity contribution in [3.05, 3.63) is 35.4 Å². The molecule has 2 heterocycles. The number of benzene rings is 1. The van der Waals surface area contributed by atoms with Crippen molar-refractivity contribution >= 4 is 11.9 Å². The standard InChI is InChI=1S/C22H32N2O3/c1-17-5-7-18(8-6-17)9-10-19-11-14-23(15-12-19)20-4-2-3-13-24(22(20)27)16-21(25)26/h5-8,19-20H,2-4,9-16H2,1H3,(H,25,26). The smallest absolute Gasteiger partial charge is 0.323 e. The van der Waals surface area contributed by atoms with E-state index in [-0.39, 0.29) is 18.5 Å². The molecule has 3 rings (SSSR count). The molecule has 1 aromatic carbocycles. The molecule has 2 saturated heterocycles. The van der Waals surface area contributed by atoms with E-state index in [2.05, 4.69) is 36.1 Å². The van der Waals surface area contributed by atoms with Gasteiger partial charge in [-0.15, -0.1) is 0 Å². The highest BCUT2D eigenvalue weighted by molar-refractivity contribution is 5.85. The molecule has 1 unspecified atom stereocenters. The first-order valence-corrected chi connectivity index (χ1v) is 10.3. The summed E-state index contributed by atoms with van der Waals surface area (Å²) in [5.41, 5.74) is 2.71. The van der Waals surface area contributed by atoms with Crippen LogP contribution in [-0.2, 0) is 16.0 Å².